The number of carbonyl (C=O) groups is 2. The number of carbonyl (C=O) groups excluding carboxylic acids is 2. The van der Waals surface area contributed by atoms with E-state index < -0.39 is 6.04 Å². The SMILES string of the molecule is O=C1[C@H]2Cc3c([nH]c4ccccc34)[C@@H](c3ccc(Cl)cc3)N2C(=O)CN1CCN1CCOCC1. The number of benzene rings is 2. The van der Waals surface area contributed by atoms with Crippen LogP contribution in [0, 0.1) is 0 Å². The van der Waals surface area contributed by atoms with Crippen LogP contribution in [0.3, 0.4) is 0 Å². The molecule has 1 N–H and O–H groups in total. The molecule has 3 aliphatic heterocycles. The molecule has 176 valence electrons. The number of halogens is 1. The molecule has 8 heteroatoms. The van der Waals surface area contributed by atoms with E-state index in [9.17, 15) is 9.59 Å². The van der Waals surface area contributed by atoms with E-state index in [1.54, 1.807) is 9.80 Å². The summed E-state index contributed by atoms with van der Waals surface area (Å²) in [5.41, 5.74) is 4.08. The smallest absolute Gasteiger partial charge is 0.246 e. The molecule has 2 fully saturated rings. The van der Waals surface area contributed by atoms with E-state index in [-0.39, 0.29) is 24.4 Å². The molecular formula is C26H27ClN4O3. The second-order valence-corrected chi connectivity index (χ2v) is 9.69. The third-order valence-electron chi connectivity index (χ3n) is 7.32. The highest BCUT2D eigenvalue weighted by Gasteiger charge is 2.48. The Morgan fingerprint density at radius 2 is 1.76 bits per heavy atom. The second kappa shape index (κ2) is 8.73. The average molecular weight is 479 g/mol. The highest BCUT2D eigenvalue weighted by Crippen LogP contribution is 2.42. The summed E-state index contributed by atoms with van der Waals surface area (Å²) in [4.78, 5) is 36.7. The summed E-state index contributed by atoms with van der Waals surface area (Å²) in [7, 11) is 0. The van der Waals surface area contributed by atoms with Crippen LogP contribution in [-0.4, -0.2) is 83.5 Å². The van der Waals surface area contributed by atoms with Gasteiger partial charge < -0.3 is 19.5 Å². The van der Waals surface area contributed by atoms with Crippen molar-refractivity contribution in [2.45, 2.75) is 18.5 Å². The fourth-order valence-corrected chi connectivity index (χ4v) is 5.72. The molecule has 0 bridgehead atoms. The quantitative estimate of drug-likeness (QED) is 0.626. The zero-order valence-corrected chi connectivity index (χ0v) is 19.6. The van der Waals surface area contributed by atoms with Gasteiger partial charge in [-0.2, -0.15) is 0 Å². The maximum Gasteiger partial charge on any atom is 0.246 e. The standard InChI is InChI=1S/C26H27ClN4O3/c27-18-7-5-17(6-8-18)25-24-20(19-3-1-2-4-21(19)28-24)15-22-26(33)30(16-23(32)31(22)25)10-9-29-11-13-34-14-12-29/h1-8,22,25,28H,9-16H2/t22-,25-/m1/s1. The molecule has 7 nitrogen and oxygen atoms in total. The third-order valence-corrected chi connectivity index (χ3v) is 7.57. The van der Waals surface area contributed by atoms with Crippen molar-refractivity contribution in [2.75, 3.05) is 45.9 Å². The fourth-order valence-electron chi connectivity index (χ4n) is 5.59. The van der Waals surface area contributed by atoms with Crippen molar-refractivity contribution in [2.24, 2.45) is 0 Å². The van der Waals surface area contributed by atoms with Crippen molar-refractivity contribution < 1.29 is 14.3 Å². The molecule has 6 rings (SSSR count). The van der Waals surface area contributed by atoms with Gasteiger partial charge >= 0.3 is 0 Å². The van der Waals surface area contributed by atoms with Gasteiger partial charge in [-0.25, -0.2) is 0 Å². The number of H-pyrrole nitrogens is 1. The van der Waals surface area contributed by atoms with E-state index in [2.05, 4.69) is 16.0 Å². The van der Waals surface area contributed by atoms with E-state index in [1.807, 2.05) is 42.5 Å². The summed E-state index contributed by atoms with van der Waals surface area (Å²) in [6.07, 6.45) is 0.516. The molecule has 0 unspecified atom stereocenters. The van der Waals surface area contributed by atoms with E-state index in [1.165, 1.54) is 0 Å². The van der Waals surface area contributed by atoms with Crippen LogP contribution in [0.5, 0.6) is 0 Å². The van der Waals surface area contributed by atoms with Crippen molar-refractivity contribution in [1.29, 1.82) is 0 Å². The number of hydrogen-bond acceptors (Lipinski definition) is 4. The van der Waals surface area contributed by atoms with Crippen LogP contribution in [0.4, 0.5) is 0 Å². The highest BCUT2D eigenvalue weighted by atomic mass is 35.5. The largest absolute Gasteiger partial charge is 0.379 e. The Morgan fingerprint density at radius 3 is 2.56 bits per heavy atom. The molecule has 0 saturated carbocycles. The van der Waals surface area contributed by atoms with Crippen molar-refractivity contribution >= 4 is 34.3 Å². The summed E-state index contributed by atoms with van der Waals surface area (Å²) in [5.74, 6) is 0.0126. The van der Waals surface area contributed by atoms with Crippen LogP contribution >= 0.6 is 11.6 Å². The third kappa shape index (κ3) is 3.68. The number of morpholine rings is 1. The highest BCUT2D eigenvalue weighted by molar-refractivity contribution is 6.30. The van der Waals surface area contributed by atoms with Crippen LogP contribution in [-0.2, 0) is 20.7 Å². The number of amides is 2. The summed E-state index contributed by atoms with van der Waals surface area (Å²) in [6.45, 7) is 4.59. The van der Waals surface area contributed by atoms with Gasteiger partial charge in [-0.3, -0.25) is 14.5 Å². The van der Waals surface area contributed by atoms with Crippen molar-refractivity contribution in [3.05, 3.63) is 70.4 Å². The number of ether oxygens (including phenoxy) is 1. The second-order valence-electron chi connectivity index (χ2n) is 9.25. The van der Waals surface area contributed by atoms with Crippen LogP contribution in [0.15, 0.2) is 48.5 Å². The first-order chi connectivity index (χ1) is 16.6. The maximum atomic E-state index is 13.7. The zero-order valence-electron chi connectivity index (χ0n) is 18.9. The maximum absolute atomic E-state index is 13.7. The molecule has 0 radical (unpaired) electrons. The predicted molar refractivity (Wildman–Crippen MR) is 130 cm³/mol. The molecule has 2 aromatic carbocycles. The first-order valence-corrected chi connectivity index (χ1v) is 12.2. The molecule has 1 aromatic heterocycles. The van der Waals surface area contributed by atoms with Gasteiger partial charge in [-0.05, 0) is 29.3 Å². The molecule has 2 amide bonds. The lowest BCUT2D eigenvalue weighted by Crippen LogP contribution is -2.63. The van der Waals surface area contributed by atoms with Gasteiger partial charge in [0.05, 0.1) is 25.8 Å². The number of rotatable bonds is 4. The van der Waals surface area contributed by atoms with Crippen molar-refractivity contribution in [3.63, 3.8) is 0 Å². The Hall–Kier alpha value is -2.87. The minimum Gasteiger partial charge on any atom is -0.379 e. The van der Waals surface area contributed by atoms with E-state index in [4.69, 9.17) is 16.3 Å². The molecule has 4 heterocycles. The topological polar surface area (TPSA) is 68.9 Å². The van der Waals surface area contributed by atoms with E-state index in [0.29, 0.717) is 18.0 Å². The minimum atomic E-state index is -0.515. The van der Waals surface area contributed by atoms with Gasteiger partial charge in [0, 0.05) is 54.2 Å². The molecule has 2 atom stereocenters. The lowest BCUT2D eigenvalue weighted by Gasteiger charge is -2.47. The fraction of sp³-hybridized carbons (Fsp3) is 0.385. The molecule has 3 aliphatic rings. The normalized spacial score (nSPS) is 23.3. The van der Waals surface area contributed by atoms with Crippen LogP contribution in [0.25, 0.3) is 10.9 Å². The van der Waals surface area contributed by atoms with Crippen molar-refractivity contribution in [1.82, 2.24) is 19.7 Å². The lowest BCUT2D eigenvalue weighted by molar-refractivity contribution is -0.158. The number of nitrogens with one attached hydrogen (secondary N) is 1. The number of aromatic nitrogens is 1. The monoisotopic (exact) mass is 478 g/mol. The number of para-hydroxylation sites is 1. The first-order valence-electron chi connectivity index (χ1n) is 11.8. The lowest BCUT2D eigenvalue weighted by atomic mass is 9.86. The Kier molecular flexibility index (Phi) is 5.56. The average Bonchev–Trinajstić information content (AvgIpc) is 3.24. The number of piperazine rings is 1. The van der Waals surface area contributed by atoms with Gasteiger partial charge in [0.15, 0.2) is 0 Å². The molecule has 3 aromatic rings. The van der Waals surface area contributed by atoms with Gasteiger partial charge in [0.25, 0.3) is 0 Å². The van der Waals surface area contributed by atoms with Crippen LogP contribution in [0.1, 0.15) is 22.9 Å². The Balaban J connectivity index is 1.37. The molecular weight excluding hydrogens is 452 g/mol. The number of aromatic amines is 1. The molecule has 0 spiro atoms. The summed E-state index contributed by atoms with van der Waals surface area (Å²) >= 11 is 6.16. The zero-order chi connectivity index (χ0) is 23.2. The van der Waals surface area contributed by atoms with Crippen molar-refractivity contribution in [3.8, 4) is 0 Å². The van der Waals surface area contributed by atoms with Crippen LogP contribution in [0.2, 0.25) is 5.02 Å². The number of hydrogen-bond donors (Lipinski definition) is 1. The van der Waals surface area contributed by atoms with Crippen LogP contribution < -0.4 is 0 Å². The Morgan fingerprint density at radius 1 is 1.00 bits per heavy atom. The summed E-state index contributed by atoms with van der Waals surface area (Å²) < 4.78 is 5.43. The van der Waals surface area contributed by atoms with Gasteiger partial charge in [-0.15, -0.1) is 0 Å². The van der Waals surface area contributed by atoms with Gasteiger partial charge in [0.1, 0.15) is 6.04 Å². The number of fused-ring (bicyclic) bond motifs is 4. The van der Waals surface area contributed by atoms with E-state index in [0.717, 1.165) is 60.6 Å². The van der Waals surface area contributed by atoms with E-state index >= 15 is 0 Å². The summed E-state index contributed by atoms with van der Waals surface area (Å²) in [5, 5.41) is 1.75. The number of nitrogens with zero attached hydrogens (tertiary/aromatic N) is 3. The minimum absolute atomic E-state index is 0.0177. The molecule has 0 aliphatic carbocycles. The Labute approximate surface area is 203 Å². The molecule has 34 heavy (non-hydrogen) atoms. The predicted octanol–water partition coefficient (Wildman–Crippen LogP) is 2.84. The molecule has 2 saturated heterocycles. The van der Waals surface area contributed by atoms with Gasteiger partial charge in [0.2, 0.25) is 11.8 Å². The van der Waals surface area contributed by atoms with Gasteiger partial charge in [-0.1, -0.05) is 41.9 Å². The summed E-state index contributed by atoms with van der Waals surface area (Å²) in [6, 6.07) is 14.9. The first kappa shape index (κ1) is 21.6. The Bertz CT molecular complexity index is 1230.